The SMILES string of the molecule is C1=CC2c3ccc4c5ccccc5n(-c5cc(-c6ccccc6)cc(-n6c7ccccc7c7cc8c(cc76)c6ccccc6n8-c6ccccc6)c5)c4c3N(c3ccccc3)C2C=C1. The van der Waals surface area contributed by atoms with Crippen LogP contribution in [0.2, 0.25) is 0 Å². The summed E-state index contributed by atoms with van der Waals surface area (Å²) in [5.74, 6) is 0.240. The first-order valence-electron chi connectivity index (χ1n) is 22.3. The van der Waals surface area contributed by atoms with Gasteiger partial charge in [-0.15, -0.1) is 0 Å². The van der Waals surface area contributed by atoms with Crippen molar-refractivity contribution >= 4 is 76.8 Å². The van der Waals surface area contributed by atoms with Gasteiger partial charge in [-0.25, -0.2) is 0 Å². The normalized spacial score (nSPS) is 15.7. The minimum Gasteiger partial charge on any atom is -0.332 e. The molecule has 0 saturated carbocycles. The van der Waals surface area contributed by atoms with Gasteiger partial charge in [-0.05, 0) is 89.5 Å². The topological polar surface area (TPSA) is 18.0 Å². The van der Waals surface area contributed by atoms with Crippen molar-refractivity contribution in [1.82, 2.24) is 13.7 Å². The second-order valence-corrected chi connectivity index (χ2v) is 17.3. The summed E-state index contributed by atoms with van der Waals surface area (Å²) >= 11 is 0. The summed E-state index contributed by atoms with van der Waals surface area (Å²) in [6.45, 7) is 0. The Labute approximate surface area is 370 Å². The maximum atomic E-state index is 2.59. The van der Waals surface area contributed by atoms with E-state index in [-0.39, 0.29) is 12.0 Å². The quantitative estimate of drug-likeness (QED) is 0.169. The van der Waals surface area contributed by atoms with Gasteiger partial charge < -0.3 is 18.6 Å². The summed E-state index contributed by atoms with van der Waals surface area (Å²) in [5, 5.41) is 7.43. The van der Waals surface area contributed by atoms with E-state index in [9.17, 15) is 0 Å². The van der Waals surface area contributed by atoms with E-state index < -0.39 is 0 Å². The zero-order chi connectivity index (χ0) is 41.9. The smallest absolute Gasteiger partial charge is 0.0782 e. The largest absolute Gasteiger partial charge is 0.332 e. The second kappa shape index (κ2) is 13.6. The molecule has 1 aliphatic heterocycles. The van der Waals surface area contributed by atoms with Gasteiger partial charge in [-0.1, -0.05) is 158 Å². The molecule has 2 atom stereocenters. The molecule has 2 aliphatic rings. The van der Waals surface area contributed by atoms with Crippen molar-refractivity contribution in [2.24, 2.45) is 0 Å². The van der Waals surface area contributed by atoms with Crippen molar-refractivity contribution in [3.8, 4) is 28.2 Å². The van der Waals surface area contributed by atoms with E-state index in [1.165, 1.54) is 93.5 Å². The highest BCUT2D eigenvalue weighted by Crippen LogP contribution is 2.53. The molecule has 0 fully saturated rings. The van der Waals surface area contributed by atoms with Crippen LogP contribution in [-0.2, 0) is 0 Å². The van der Waals surface area contributed by atoms with Gasteiger partial charge in [0.05, 0.1) is 44.8 Å². The van der Waals surface area contributed by atoms with Gasteiger partial charge in [0.1, 0.15) is 0 Å². The van der Waals surface area contributed by atoms with Crippen molar-refractivity contribution < 1.29 is 0 Å². The Balaban J connectivity index is 1.10. The number of para-hydroxylation sites is 5. The number of fused-ring (bicyclic) bond motifs is 13. The molecule has 12 aromatic rings. The monoisotopic (exact) mass is 816 g/mol. The lowest BCUT2D eigenvalue weighted by Gasteiger charge is -2.29. The third kappa shape index (κ3) is 4.99. The molecule has 4 heteroatoms. The molecule has 0 saturated heterocycles. The molecule has 9 aromatic carbocycles. The van der Waals surface area contributed by atoms with Gasteiger partial charge in [-0.2, -0.15) is 0 Å². The Morgan fingerprint density at radius 1 is 0.312 bits per heavy atom. The highest BCUT2D eigenvalue weighted by Gasteiger charge is 2.40. The molecule has 0 bridgehead atoms. The summed E-state index contributed by atoms with van der Waals surface area (Å²) in [6.07, 6.45) is 9.19. The molecule has 0 radical (unpaired) electrons. The van der Waals surface area contributed by atoms with E-state index >= 15 is 0 Å². The fourth-order valence-electron chi connectivity index (χ4n) is 11.2. The molecule has 0 N–H and O–H groups in total. The van der Waals surface area contributed by atoms with E-state index in [0.29, 0.717) is 0 Å². The molecule has 2 unspecified atom stereocenters. The molecule has 4 heterocycles. The van der Waals surface area contributed by atoms with Crippen LogP contribution in [-0.4, -0.2) is 19.7 Å². The van der Waals surface area contributed by atoms with Crippen LogP contribution in [0.4, 0.5) is 11.4 Å². The Hall–Kier alpha value is -8.34. The molecule has 0 spiro atoms. The first kappa shape index (κ1) is 35.3. The van der Waals surface area contributed by atoms with Crippen molar-refractivity contribution in [3.05, 3.63) is 236 Å². The second-order valence-electron chi connectivity index (χ2n) is 17.3. The van der Waals surface area contributed by atoms with Gasteiger partial charge >= 0.3 is 0 Å². The standard InChI is InChI=1S/C60H40N4/c1-4-18-39(19-5-1)40-34-43(62-54-29-15-13-27-48(54)52-37-57-51(38-58(52)62)47-26-12-14-28-53(47)61(57)41-20-6-2-7-21-41)36-44(35-40)64-56-31-17-11-25-46(56)50-33-32-49-45-24-10-16-30-55(45)63(59(49)60(50)64)42-22-8-3-9-23-42/h1-38,45,55H. The highest BCUT2D eigenvalue weighted by molar-refractivity contribution is 6.19. The number of rotatable bonds is 5. The summed E-state index contributed by atoms with van der Waals surface area (Å²) in [5.41, 5.74) is 16.8. The first-order chi connectivity index (χ1) is 31.8. The summed E-state index contributed by atoms with van der Waals surface area (Å²) < 4.78 is 7.48. The molecule has 300 valence electrons. The Kier molecular flexibility index (Phi) is 7.48. The molecule has 0 amide bonds. The number of hydrogen-bond donors (Lipinski definition) is 0. The zero-order valence-electron chi connectivity index (χ0n) is 34.9. The fraction of sp³-hybridized carbons (Fsp3) is 0.0333. The van der Waals surface area contributed by atoms with Gasteiger partial charge in [0.2, 0.25) is 0 Å². The number of benzene rings is 9. The van der Waals surface area contributed by atoms with Crippen LogP contribution < -0.4 is 4.90 Å². The molecule has 14 rings (SSSR count). The third-order valence-electron chi connectivity index (χ3n) is 13.9. The first-order valence-corrected chi connectivity index (χ1v) is 22.3. The van der Waals surface area contributed by atoms with E-state index in [2.05, 4.69) is 249 Å². The highest BCUT2D eigenvalue weighted by atomic mass is 15.2. The van der Waals surface area contributed by atoms with E-state index in [1.54, 1.807) is 0 Å². The van der Waals surface area contributed by atoms with Crippen LogP contribution in [0.3, 0.4) is 0 Å². The Morgan fingerprint density at radius 2 is 0.812 bits per heavy atom. The van der Waals surface area contributed by atoms with Gasteiger partial charge in [-0.3, -0.25) is 0 Å². The van der Waals surface area contributed by atoms with Gasteiger partial charge in [0.15, 0.2) is 0 Å². The predicted molar refractivity (Wildman–Crippen MR) is 268 cm³/mol. The number of nitrogens with zero attached hydrogens (tertiary/aromatic N) is 4. The molecule has 3 aromatic heterocycles. The maximum Gasteiger partial charge on any atom is 0.0782 e. The van der Waals surface area contributed by atoms with Gasteiger partial charge in [0.25, 0.3) is 0 Å². The minimum atomic E-state index is 0.174. The van der Waals surface area contributed by atoms with E-state index in [0.717, 1.165) is 17.1 Å². The van der Waals surface area contributed by atoms with Crippen LogP contribution >= 0.6 is 0 Å². The summed E-state index contributed by atoms with van der Waals surface area (Å²) in [6, 6.07) is 76.3. The predicted octanol–water partition coefficient (Wildman–Crippen LogP) is 15.4. The number of allylic oxidation sites excluding steroid dienone is 2. The average molecular weight is 817 g/mol. The molecule has 1 aliphatic carbocycles. The number of hydrogen-bond acceptors (Lipinski definition) is 1. The van der Waals surface area contributed by atoms with E-state index in [1.807, 2.05) is 0 Å². The molecule has 64 heavy (non-hydrogen) atoms. The van der Waals surface area contributed by atoms with Crippen molar-refractivity contribution in [2.45, 2.75) is 12.0 Å². The minimum absolute atomic E-state index is 0.174. The molecular formula is C60H40N4. The lowest BCUT2D eigenvalue weighted by Crippen LogP contribution is -2.28. The van der Waals surface area contributed by atoms with E-state index in [4.69, 9.17) is 0 Å². The van der Waals surface area contributed by atoms with Crippen LogP contribution in [0.1, 0.15) is 11.5 Å². The van der Waals surface area contributed by atoms with Gasteiger partial charge in [0, 0.05) is 61.0 Å². The van der Waals surface area contributed by atoms with Crippen LogP contribution in [0.5, 0.6) is 0 Å². The van der Waals surface area contributed by atoms with Crippen molar-refractivity contribution in [1.29, 1.82) is 0 Å². The molecule has 4 nitrogen and oxygen atoms in total. The third-order valence-corrected chi connectivity index (χ3v) is 13.9. The number of anilines is 2. The lowest BCUT2D eigenvalue weighted by atomic mass is 9.91. The Bertz CT molecular complexity index is 3900. The average Bonchev–Trinajstić information content (AvgIpc) is 4.09. The van der Waals surface area contributed by atoms with Crippen LogP contribution in [0.15, 0.2) is 231 Å². The maximum absolute atomic E-state index is 2.59. The van der Waals surface area contributed by atoms with Crippen LogP contribution in [0, 0.1) is 0 Å². The lowest BCUT2D eigenvalue weighted by molar-refractivity contribution is 0.745. The summed E-state index contributed by atoms with van der Waals surface area (Å²) in [4.78, 5) is 2.59. The summed E-state index contributed by atoms with van der Waals surface area (Å²) in [7, 11) is 0. The number of aromatic nitrogens is 3. The van der Waals surface area contributed by atoms with Crippen molar-refractivity contribution in [3.63, 3.8) is 0 Å². The Morgan fingerprint density at radius 3 is 1.45 bits per heavy atom. The van der Waals surface area contributed by atoms with Crippen molar-refractivity contribution in [2.75, 3.05) is 4.90 Å². The fourth-order valence-corrected chi connectivity index (χ4v) is 11.2. The molecular weight excluding hydrogens is 777 g/mol. The zero-order valence-corrected chi connectivity index (χ0v) is 34.9. The van der Waals surface area contributed by atoms with Crippen LogP contribution in [0.25, 0.3) is 93.6 Å².